The zero-order valence-corrected chi connectivity index (χ0v) is 21.3. The van der Waals surface area contributed by atoms with E-state index < -0.39 is 27.1 Å². The van der Waals surface area contributed by atoms with Crippen molar-refractivity contribution in [2.45, 2.75) is 13.8 Å². The highest BCUT2D eigenvalue weighted by Gasteiger charge is 2.22. The lowest BCUT2D eigenvalue weighted by Crippen LogP contribution is -2.18. The van der Waals surface area contributed by atoms with Gasteiger partial charge in [-0.05, 0) is 56.3 Å². The Labute approximate surface area is 219 Å². The topological polar surface area (TPSA) is 155 Å². The SMILES string of the molecule is CCOc1ccc(C(=O)N/N=C/c2cc(Br)ccc2Oc2ccc([N+](=O)[O-])cc2[N+](=O)[O-])cc1OCC. The molecule has 3 aromatic carbocycles. The monoisotopic (exact) mass is 572 g/mol. The summed E-state index contributed by atoms with van der Waals surface area (Å²) >= 11 is 3.33. The van der Waals surface area contributed by atoms with Crippen LogP contribution in [0.3, 0.4) is 0 Å². The Bertz CT molecular complexity index is 1360. The smallest absolute Gasteiger partial charge is 0.318 e. The van der Waals surface area contributed by atoms with Crippen molar-refractivity contribution >= 4 is 39.4 Å². The summed E-state index contributed by atoms with van der Waals surface area (Å²) < 4.78 is 17.4. The molecule has 0 aliphatic heterocycles. The molecule has 1 amide bonds. The van der Waals surface area contributed by atoms with E-state index in [2.05, 4.69) is 26.5 Å². The molecule has 37 heavy (non-hydrogen) atoms. The number of halogens is 1. The standard InChI is InChI=1S/C24H21BrN4O8/c1-3-35-22-8-5-15(12-23(22)36-4-2)24(30)27-26-14-16-11-17(25)6-9-20(16)37-21-10-7-18(28(31)32)13-19(21)29(33)34/h5-14H,3-4H2,1-2H3,(H,27,30)/b26-14+. The number of carbonyl (C=O) groups excluding carboxylic acids is 1. The van der Waals surface area contributed by atoms with Crippen molar-refractivity contribution in [1.29, 1.82) is 0 Å². The second-order valence-electron chi connectivity index (χ2n) is 7.18. The molecule has 0 saturated heterocycles. The third-order valence-corrected chi connectivity index (χ3v) is 5.21. The van der Waals surface area contributed by atoms with Crippen LogP contribution in [-0.2, 0) is 0 Å². The highest BCUT2D eigenvalue weighted by molar-refractivity contribution is 9.10. The Morgan fingerprint density at radius 2 is 1.59 bits per heavy atom. The van der Waals surface area contributed by atoms with Gasteiger partial charge in [0.25, 0.3) is 11.6 Å². The van der Waals surface area contributed by atoms with Crippen LogP contribution in [0, 0.1) is 20.2 Å². The number of hydrazone groups is 1. The third kappa shape index (κ3) is 7.01. The van der Waals surface area contributed by atoms with Crippen molar-refractivity contribution in [1.82, 2.24) is 5.43 Å². The summed E-state index contributed by atoms with van der Waals surface area (Å²) in [5.74, 6) is 0.394. The number of nitro benzene ring substituents is 2. The first kappa shape index (κ1) is 27.1. The molecule has 3 rings (SSSR count). The van der Waals surface area contributed by atoms with Crippen LogP contribution in [-0.4, -0.2) is 35.2 Å². The molecule has 0 aliphatic carbocycles. The van der Waals surface area contributed by atoms with Crippen LogP contribution in [0.1, 0.15) is 29.8 Å². The van der Waals surface area contributed by atoms with Crippen molar-refractivity contribution in [3.63, 3.8) is 0 Å². The van der Waals surface area contributed by atoms with E-state index in [-0.39, 0.29) is 17.1 Å². The highest BCUT2D eigenvalue weighted by atomic mass is 79.9. The van der Waals surface area contributed by atoms with Gasteiger partial charge in [-0.1, -0.05) is 15.9 Å². The zero-order valence-electron chi connectivity index (χ0n) is 19.7. The third-order valence-electron chi connectivity index (χ3n) is 4.72. The molecule has 0 atom stereocenters. The van der Waals surface area contributed by atoms with Crippen LogP contribution < -0.4 is 19.6 Å². The Balaban J connectivity index is 1.82. The van der Waals surface area contributed by atoms with E-state index in [1.54, 1.807) is 30.3 Å². The minimum Gasteiger partial charge on any atom is -0.490 e. The van der Waals surface area contributed by atoms with Gasteiger partial charge in [0.15, 0.2) is 11.5 Å². The minimum absolute atomic E-state index is 0.165. The van der Waals surface area contributed by atoms with Crippen LogP contribution in [0.2, 0.25) is 0 Å². The molecule has 1 N–H and O–H groups in total. The van der Waals surface area contributed by atoms with Gasteiger partial charge < -0.3 is 14.2 Å². The molecular formula is C24H21BrN4O8. The molecule has 0 aliphatic rings. The molecule has 0 unspecified atom stereocenters. The summed E-state index contributed by atoms with van der Waals surface area (Å²) in [4.78, 5) is 33.5. The largest absolute Gasteiger partial charge is 0.490 e. The van der Waals surface area contributed by atoms with Crippen molar-refractivity contribution < 1.29 is 28.9 Å². The van der Waals surface area contributed by atoms with Crippen LogP contribution in [0.15, 0.2) is 64.2 Å². The lowest BCUT2D eigenvalue weighted by Gasteiger charge is -2.12. The highest BCUT2D eigenvalue weighted by Crippen LogP contribution is 2.36. The first-order valence-electron chi connectivity index (χ1n) is 10.9. The summed E-state index contributed by atoms with van der Waals surface area (Å²) in [5.41, 5.74) is 2.04. The first-order valence-corrected chi connectivity index (χ1v) is 11.7. The summed E-state index contributed by atoms with van der Waals surface area (Å²) in [7, 11) is 0. The summed E-state index contributed by atoms with van der Waals surface area (Å²) in [6.45, 7) is 4.48. The van der Waals surface area contributed by atoms with Gasteiger partial charge >= 0.3 is 5.69 Å². The van der Waals surface area contributed by atoms with Crippen molar-refractivity contribution in [3.8, 4) is 23.0 Å². The van der Waals surface area contributed by atoms with E-state index in [1.807, 2.05) is 13.8 Å². The van der Waals surface area contributed by atoms with Crippen molar-refractivity contribution in [2.75, 3.05) is 13.2 Å². The quantitative estimate of drug-likeness (QED) is 0.176. The van der Waals surface area contributed by atoms with Gasteiger partial charge in [0.2, 0.25) is 5.75 Å². The molecule has 0 aromatic heterocycles. The van der Waals surface area contributed by atoms with E-state index in [1.165, 1.54) is 12.3 Å². The fourth-order valence-corrected chi connectivity index (χ4v) is 3.48. The van der Waals surface area contributed by atoms with Crippen molar-refractivity contribution in [3.05, 3.63) is 90.4 Å². The summed E-state index contributed by atoms with van der Waals surface area (Å²) in [6.07, 6.45) is 1.30. The zero-order chi connectivity index (χ0) is 26.9. The number of benzene rings is 3. The molecule has 0 bridgehead atoms. The van der Waals surface area contributed by atoms with E-state index in [0.29, 0.717) is 34.7 Å². The maximum absolute atomic E-state index is 12.6. The molecule has 0 heterocycles. The molecule has 0 spiro atoms. The molecule has 13 heteroatoms. The fourth-order valence-electron chi connectivity index (χ4n) is 3.10. The van der Waals surface area contributed by atoms with E-state index in [4.69, 9.17) is 14.2 Å². The molecule has 12 nitrogen and oxygen atoms in total. The van der Waals surface area contributed by atoms with Crippen LogP contribution in [0.5, 0.6) is 23.0 Å². The van der Waals surface area contributed by atoms with Crippen molar-refractivity contribution in [2.24, 2.45) is 5.10 Å². The number of ether oxygens (including phenoxy) is 3. The average molecular weight is 573 g/mol. The Morgan fingerprint density at radius 3 is 2.27 bits per heavy atom. The second-order valence-corrected chi connectivity index (χ2v) is 8.09. The predicted octanol–water partition coefficient (Wildman–Crippen LogP) is 5.62. The molecule has 192 valence electrons. The van der Waals surface area contributed by atoms with E-state index >= 15 is 0 Å². The molecule has 0 fully saturated rings. The average Bonchev–Trinajstić information content (AvgIpc) is 2.86. The number of hydrogen-bond donors (Lipinski definition) is 1. The summed E-state index contributed by atoms with van der Waals surface area (Å²) in [5, 5.41) is 26.4. The number of nitrogens with one attached hydrogen (secondary N) is 1. The number of nitro groups is 2. The van der Waals surface area contributed by atoms with E-state index in [9.17, 15) is 25.0 Å². The Hall–Kier alpha value is -4.52. The maximum Gasteiger partial charge on any atom is 0.318 e. The molecule has 3 aromatic rings. The minimum atomic E-state index is -0.775. The lowest BCUT2D eigenvalue weighted by atomic mass is 10.2. The lowest BCUT2D eigenvalue weighted by molar-refractivity contribution is -0.394. The normalized spacial score (nSPS) is 10.7. The number of carbonyl (C=O) groups is 1. The van der Waals surface area contributed by atoms with Gasteiger partial charge in [-0.15, -0.1) is 0 Å². The first-order chi connectivity index (χ1) is 17.7. The Morgan fingerprint density at radius 1 is 0.919 bits per heavy atom. The van der Waals surface area contributed by atoms with Gasteiger partial charge in [0, 0.05) is 21.7 Å². The molecule has 0 saturated carbocycles. The van der Waals surface area contributed by atoms with Gasteiger partial charge in [0.1, 0.15) is 5.75 Å². The summed E-state index contributed by atoms with van der Waals surface area (Å²) in [6, 6.07) is 12.6. The van der Waals surface area contributed by atoms with Crippen LogP contribution in [0.25, 0.3) is 0 Å². The number of amides is 1. The second kappa shape index (κ2) is 12.4. The maximum atomic E-state index is 12.6. The number of nitrogens with zero attached hydrogens (tertiary/aromatic N) is 3. The van der Waals surface area contributed by atoms with E-state index in [0.717, 1.165) is 18.2 Å². The van der Waals surface area contributed by atoms with Crippen LogP contribution in [0.4, 0.5) is 11.4 Å². The predicted molar refractivity (Wildman–Crippen MR) is 138 cm³/mol. The molecular weight excluding hydrogens is 552 g/mol. The Kier molecular flexibility index (Phi) is 9.11. The van der Waals surface area contributed by atoms with Gasteiger partial charge in [-0.3, -0.25) is 25.0 Å². The number of non-ortho nitro benzene ring substituents is 1. The fraction of sp³-hybridized carbons (Fsp3) is 0.167. The number of hydrogen-bond acceptors (Lipinski definition) is 9. The van der Waals surface area contributed by atoms with Gasteiger partial charge in [-0.25, -0.2) is 5.43 Å². The molecule has 0 radical (unpaired) electrons. The van der Waals surface area contributed by atoms with Crippen LogP contribution >= 0.6 is 15.9 Å². The van der Waals surface area contributed by atoms with Gasteiger partial charge in [-0.2, -0.15) is 5.10 Å². The number of rotatable bonds is 11. The van der Waals surface area contributed by atoms with Gasteiger partial charge in [0.05, 0.1) is 35.3 Å².